The maximum absolute atomic E-state index is 12.4. The number of esters is 1. The molecule has 158 valence electrons. The van der Waals surface area contributed by atoms with Crippen LogP contribution in [0.2, 0.25) is 5.02 Å². The van der Waals surface area contributed by atoms with Gasteiger partial charge in [0.25, 0.3) is 5.91 Å². The first kappa shape index (κ1) is 21.8. The van der Waals surface area contributed by atoms with E-state index in [0.717, 1.165) is 21.6 Å². The summed E-state index contributed by atoms with van der Waals surface area (Å²) in [4.78, 5) is 37.0. The van der Waals surface area contributed by atoms with Crippen LogP contribution in [-0.4, -0.2) is 39.8 Å². The van der Waals surface area contributed by atoms with Gasteiger partial charge < -0.3 is 10.1 Å². The van der Waals surface area contributed by atoms with Crippen LogP contribution in [0, 0.1) is 6.92 Å². The summed E-state index contributed by atoms with van der Waals surface area (Å²) in [6.07, 6.45) is 0. The average Bonchev–Trinajstić information content (AvgIpc) is 3.20. The molecule has 0 radical (unpaired) electrons. The lowest BCUT2D eigenvalue weighted by Gasteiger charge is -2.20. The summed E-state index contributed by atoms with van der Waals surface area (Å²) in [5.41, 5.74) is 1.07. The van der Waals surface area contributed by atoms with Crippen LogP contribution in [0.4, 0.5) is 4.79 Å². The fraction of sp³-hybridized carbons (Fsp3) is 0.300. The lowest BCUT2D eigenvalue weighted by Crippen LogP contribution is -2.49. The minimum atomic E-state index is -0.713. The number of nitrogens with zero attached hydrogens (tertiary/aromatic N) is 2. The summed E-state index contributed by atoms with van der Waals surface area (Å²) < 4.78 is 6.78. The van der Waals surface area contributed by atoms with Crippen molar-refractivity contribution in [3.05, 3.63) is 45.9 Å². The van der Waals surface area contributed by atoms with E-state index in [9.17, 15) is 14.4 Å². The molecule has 0 spiro atoms. The molecule has 0 unspecified atom stereocenters. The third kappa shape index (κ3) is 5.17. The first-order valence-electron chi connectivity index (χ1n) is 9.08. The van der Waals surface area contributed by atoms with Crippen molar-refractivity contribution in [3.63, 3.8) is 0 Å². The molecular weight excluding hydrogens is 428 g/mol. The predicted molar refractivity (Wildman–Crippen MR) is 115 cm³/mol. The molecule has 0 aliphatic carbocycles. The molecule has 0 aliphatic rings. The number of carbonyl (C=O) groups is 3. The molecule has 2 heterocycles. The van der Waals surface area contributed by atoms with Gasteiger partial charge in [0.1, 0.15) is 9.71 Å². The van der Waals surface area contributed by atoms with Crippen molar-refractivity contribution < 1.29 is 19.1 Å². The second-order valence-corrected chi connectivity index (χ2v) is 9.10. The summed E-state index contributed by atoms with van der Waals surface area (Å²) in [6.45, 7) is 6.63. The molecule has 0 bridgehead atoms. The molecule has 3 aromatic rings. The number of ether oxygens (including phenoxy) is 1. The number of rotatable bonds is 4. The summed E-state index contributed by atoms with van der Waals surface area (Å²) in [5, 5.41) is 10.6. The van der Waals surface area contributed by atoms with E-state index in [4.69, 9.17) is 16.3 Å². The molecule has 1 aromatic carbocycles. The Hall–Kier alpha value is -2.91. The van der Waals surface area contributed by atoms with E-state index in [1.807, 2.05) is 19.1 Å². The quantitative estimate of drug-likeness (QED) is 0.590. The van der Waals surface area contributed by atoms with Crippen molar-refractivity contribution >= 4 is 51.1 Å². The number of fused-ring (bicyclic) bond motifs is 1. The lowest BCUT2D eigenvalue weighted by atomic mass is 10.1. The highest BCUT2D eigenvalue weighted by Gasteiger charge is 2.20. The van der Waals surface area contributed by atoms with Crippen LogP contribution in [-0.2, 0) is 9.53 Å². The summed E-state index contributed by atoms with van der Waals surface area (Å²) >= 11 is 7.15. The number of aryl methyl sites for hydroxylation is 1. The van der Waals surface area contributed by atoms with E-state index in [1.165, 1.54) is 11.3 Å². The number of thiophene rings is 1. The van der Waals surface area contributed by atoms with Crippen molar-refractivity contribution in [1.29, 1.82) is 0 Å². The van der Waals surface area contributed by atoms with Gasteiger partial charge in [-0.15, -0.1) is 11.3 Å². The highest BCUT2D eigenvalue weighted by molar-refractivity contribution is 7.20. The molecular formula is C20H21ClN4O4S. The van der Waals surface area contributed by atoms with Crippen LogP contribution in [0.5, 0.6) is 0 Å². The maximum Gasteiger partial charge on any atom is 0.348 e. The normalized spacial score (nSPS) is 11.4. The Labute approximate surface area is 182 Å². The van der Waals surface area contributed by atoms with E-state index in [-0.39, 0.29) is 0 Å². The zero-order valence-corrected chi connectivity index (χ0v) is 18.5. The number of aromatic nitrogens is 2. The highest BCUT2D eigenvalue weighted by Crippen LogP contribution is 2.31. The van der Waals surface area contributed by atoms with Crippen LogP contribution in [0.15, 0.2) is 30.3 Å². The molecule has 0 saturated heterocycles. The van der Waals surface area contributed by atoms with E-state index in [1.54, 1.807) is 43.7 Å². The van der Waals surface area contributed by atoms with E-state index < -0.39 is 30.1 Å². The first-order valence-corrected chi connectivity index (χ1v) is 10.3. The predicted octanol–water partition coefficient (Wildman–Crippen LogP) is 3.83. The molecule has 3 amide bonds. The van der Waals surface area contributed by atoms with Crippen LogP contribution >= 0.6 is 22.9 Å². The number of halogens is 1. The smallest absolute Gasteiger partial charge is 0.348 e. The lowest BCUT2D eigenvalue weighted by molar-refractivity contribution is -0.123. The van der Waals surface area contributed by atoms with Crippen molar-refractivity contribution in [2.24, 2.45) is 0 Å². The Kier molecular flexibility index (Phi) is 6.14. The van der Waals surface area contributed by atoms with Crippen LogP contribution in [0.25, 0.3) is 15.9 Å². The number of carbonyl (C=O) groups excluding carboxylic acids is 3. The standard InChI is InChI=1S/C20H21ClN4O4S/c1-11-14-9-15(18(27)29-10-16(26)22-19(28)23-20(2,3)4)30-17(14)25(24-11)13-7-5-12(21)6-8-13/h5-9H,10H2,1-4H3,(H2,22,23,26,28). The van der Waals surface area contributed by atoms with Gasteiger partial charge in [-0.05, 0) is 58.0 Å². The van der Waals surface area contributed by atoms with Gasteiger partial charge in [-0.2, -0.15) is 5.10 Å². The molecule has 2 N–H and O–H groups in total. The SMILES string of the molecule is Cc1nn(-c2ccc(Cl)cc2)c2sc(C(=O)OCC(=O)NC(=O)NC(C)(C)C)cc12. The molecule has 0 aliphatic heterocycles. The summed E-state index contributed by atoms with van der Waals surface area (Å²) in [5.74, 6) is -1.36. The highest BCUT2D eigenvalue weighted by atomic mass is 35.5. The van der Waals surface area contributed by atoms with Crippen LogP contribution < -0.4 is 10.6 Å². The second kappa shape index (κ2) is 8.45. The van der Waals surface area contributed by atoms with Gasteiger partial charge >= 0.3 is 12.0 Å². The molecule has 0 atom stereocenters. The Bertz CT molecular complexity index is 1110. The van der Waals surface area contributed by atoms with Gasteiger partial charge in [-0.3, -0.25) is 10.1 Å². The van der Waals surface area contributed by atoms with Gasteiger partial charge in [0, 0.05) is 15.9 Å². The topological polar surface area (TPSA) is 102 Å². The third-order valence-electron chi connectivity index (χ3n) is 3.89. The van der Waals surface area contributed by atoms with Gasteiger partial charge in [0.2, 0.25) is 0 Å². The summed E-state index contributed by atoms with van der Waals surface area (Å²) in [6, 6.07) is 8.22. The van der Waals surface area contributed by atoms with E-state index in [2.05, 4.69) is 15.7 Å². The van der Waals surface area contributed by atoms with Gasteiger partial charge in [0.05, 0.1) is 11.4 Å². The van der Waals surface area contributed by atoms with E-state index >= 15 is 0 Å². The number of urea groups is 1. The number of benzene rings is 1. The molecule has 30 heavy (non-hydrogen) atoms. The minimum absolute atomic E-state index is 0.333. The zero-order valence-electron chi connectivity index (χ0n) is 16.9. The van der Waals surface area contributed by atoms with Crippen molar-refractivity contribution in [2.45, 2.75) is 33.2 Å². The number of nitrogens with one attached hydrogen (secondary N) is 2. The fourth-order valence-corrected chi connectivity index (χ4v) is 3.84. The number of hydrogen-bond acceptors (Lipinski definition) is 6. The Balaban J connectivity index is 1.69. The Morgan fingerprint density at radius 3 is 2.50 bits per heavy atom. The molecule has 0 fully saturated rings. The number of imide groups is 1. The fourth-order valence-electron chi connectivity index (χ4n) is 2.64. The van der Waals surface area contributed by atoms with Crippen molar-refractivity contribution in [1.82, 2.24) is 20.4 Å². The molecule has 10 heteroatoms. The number of amides is 3. The minimum Gasteiger partial charge on any atom is -0.451 e. The number of hydrogen-bond donors (Lipinski definition) is 2. The van der Waals surface area contributed by atoms with Gasteiger partial charge in [-0.25, -0.2) is 14.3 Å². The van der Waals surface area contributed by atoms with Gasteiger partial charge in [0.15, 0.2) is 6.61 Å². The van der Waals surface area contributed by atoms with Gasteiger partial charge in [-0.1, -0.05) is 11.6 Å². The van der Waals surface area contributed by atoms with Crippen molar-refractivity contribution in [2.75, 3.05) is 6.61 Å². The van der Waals surface area contributed by atoms with Crippen LogP contribution in [0.3, 0.4) is 0 Å². The maximum atomic E-state index is 12.4. The zero-order chi connectivity index (χ0) is 22.1. The Morgan fingerprint density at radius 2 is 1.87 bits per heavy atom. The molecule has 8 nitrogen and oxygen atoms in total. The third-order valence-corrected chi connectivity index (χ3v) is 5.24. The molecule has 0 saturated carbocycles. The first-order chi connectivity index (χ1) is 14.0. The van der Waals surface area contributed by atoms with Crippen molar-refractivity contribution in [3.8, 4) is 5.69 Å². The summed E-state index contributed by atoms with van der Waals surface area (Å²) in [7, 11) is 0. The molecule has 3 rings (SSSR count). The average molecular weight is 449 g/mol. The Morgan fingerprint density at radius 1 is 1.20 bits per heavy atom. The monoisotopic (exact) mass is 448 g/mol. The largest absolute Gasteiger partial charge is 0.451 e. The van der Waals surface area contributed by atoms with Crippen LogP contribution in [0.1, 0.15) is 36.1 Å². The van der Waals surface area contributed by atoms with E-state index in [0.29, 0.717) is 9.90 Å². The second-order valence-electron chi connectivity index (χ2n) is 7.63. The molecule has 2 aromatic heterocycles.